The van der Waals surface area contributed by atoms with Crippen molar-refractivity contribution < 1.29 is 28.5 Å². The number of esters is 1. The Morgan fingerprint density at radius 2 is 1.84 bits per heavy atom. The smallest absolute Gasteiger partial charge is 0.331 e. The minimum Gasteiger partial charge on any atom is -0.497 e. The fraction of sp³-hybridized carbons (Fsp3) is 0.182. The molecule has 1 aliphatic rings. The molecule has 1 aliphatic heterocycles. The summed E-state index contributed by atoms with van der Waals surface area (Å²) in [7, 11) is 4.41. The highest BCUT2D eigenvalue weighted by Gasteiger charge is 2.25. The number of nitrogens with zero attached hydrogens (tertiary/aromatic N) is 2. The number of nitrogens with one attached hydrogen (secondary N) is 1. The van der Waals surface area contributed by atoms with Gasteiger partial charge in [0, 0.05) is 6.08 Å². The van der Waals surface area contributed by atoms with Gasteiger partial charge in [0.2, 0.25) is 0 Å². The standard InChI is InChI=1S/C22H21N3O6S/c1-28-16-7-4-14(5-8-16)13-31-17-9-6-15(10-18(17)29-2)12-23-25-22-24-21(27)19(32-22)11-20(26)30-3/h4-12H,13H2,1-3H3,(H,24,25,27)/b19-11+,23-12?. The number of ether oxygens (including phenoxy) is 4. The van der Waals surface area contributed by atoms with Gasteiger partial charge in [0.1, 0.15) is 12.4 Å². The normalized spacial score (nSPS) is 15.8. The minimum absolute atomic E-state index is 0.186. The van der Waals surface area contributed by atoms with Crippen LogP contribution in [0.4, 0.5) is 0 Å². The highest BCUT2D eigenvalue weighted by atomic mass is 32.2. The third kappa shape index (κ3) is 6.11. The molecule has 1 heterocycles. The fourth-order valence-corrected chi connectivity index (χ4v) is 3.29. The van der Waals surface area contributed by atoms with Gasteiger partial charge in [-0.1, -0.05) is 12.1 Å². The van der Waals surface area contributed by atoms with E-state index in [0.717, 1.165) is 34.7 Å². The first-order chi connectivity index (χ1) is 15.5. The maximum atomic E-state index is 11.8. The van der Waals surface area contributed by atoms with Gasteiger partial charge in [-0.2, -0.15) is 5.10 Å². The maximum Gasteiger partial charge on any atom is 0.331 e. The number of amides is 1. The monoisotopic (exact) mass is 455 g/mol. The molecule has 2 aromatic carbocycles. The second kappa shape index (κ2) is 11.0. The van der Waals surface area contributed by atoms with E-state index in [9.17, 15) is 9.59 Å². The van der Waals surface area contributed by atoms with Crippen LogP contribution in [0.1, 0.15) is 11.1 Å². The van der Waals surface area contributed by atoms with E-state index in [-0.39, 0.29) is 10.1 Å². The van der Waals surface area contributed by atoms with Gasteiger partial charge in [-0.15, -0.1) is 5.10 Å². The van der Waals surface area contributed by atoms with E-state index in [1.165, 1.54) is 13.3 Å². The van der Waals surface area contributed by atoms with Crippen molar-refractivity contribution in [2.24, 2.45) is 10.2 Å². The van der Waals surface area contributed by atoms with Gasteiger partial charge in [0.15, 0.2) is 16.7 Å². The number of hydrogen-bond donors (Lipinski definition) is 1. The SMILES string of the molecule is COC(=O)/C=C1/S/C(=N\N=Cc2ccc(OCc3ccc(OC)cc3)c(OC)c2)NC1=O. The van der Waals surface area contributed by atoms with E-state index in [4.69, 9.17) is 14.2 Å². The summed E-state index contributed by atoms with van der Waals surface area (Å²) in [5, 5.41) is 10.7. The van der Waals surface area contributed by atoms with Crippen molar-refractivity contribution in [1.82, 2.24) is 5.32 Å². The van der Waals surface area contributed by atoms with Gasteiger partial charge in [-0.25, -0.2) is 4.79 Å². The van der Waals surface area contributed by atoms with Crippen molar-refractivity contribution in [1.29, 1.82) is 0 Å². The molecule has 166 valence electrons. The Balaban J connectivity index is 1.63. The summed E-state index contributed by atoms with van der Waals surface area (Å²) in [6.07, 6.45) is 2.61. The minimum atomic E-state index is -0.617. The molecule has 0 aromatic heterocycles. The van der Waals surface area contributed by atoms with E-state index in [0.29, 0.717) is 18.1 Å². The first-order valence-electron chi connectivity index (χ1n) is 9.36. The molecule has 0 unspecified atom stereocenters. The zero-order valence-corrected chi connectivity index (χ0v) is 18.5. The quantitative estimate of drug-likeness (QED) is 0.282. The van der Waals surface area contributed by atoms with Crippen LogP contribution in [0.15, 0.2) is 63.6 Å². The molecule has 9 nitrogen and oxygen atoms in total. The zero-order valence-electron chi connectivity index (χ0n) is 17.7. The molecule has 1 saturated heterocycles. The second-order valence-electron chi connectivity index (χ2n) is 6.28. The summed E-state index contributed by atoms with van der Waals surface area (Å²) < 4.78 is 20.9. The van der Waals surface area contributed by atoms with Crippen LogP contribution in [0.5, 0.6) is 17.2 Å². The number of benzene rings is 2. The van der Waals surface area contributed by atoms with Gasteiger partial charge in [0.25, 0.3) is 5.91 Å². The van der Waals surface area contributed by atoms with Crippen LogP contribution in [-0.4, -0.2) is 44.6 Å². The van der Waals surface area contributed by atoms with Gasteiger partial charge in [-0.3, -0.25) is 10.1 Å². The highest BCUT2D eigenvalue weighted by Crippen LogP contribution is 2.29. The summed E-state index contributed by atoms with van der Waals surface area (Å²) in [5.41, 5.74) is 1.72. The van der Waals surface area contributed by atoms with Gasteiger partial charge >= 0.3 is 5.97 Å². The second-order valence-corrected chi connectivity index (χ2v) is 7.32. The lowest BCUT2D eigenvalue weighted by Gasteiger charge is -2.11. The van der Waals surface area contributed by atoms with Crippen LogP contribution >= 0.6 is 11.8 Å². The predicted octanol–water partition coefficient (Wildman–Crippen LogP) is 2.89. The summed E-state index contributed by atoms with van der Waals surface area (Å²) in [5.74, 6) is 0.859. The van der Waals surface area contributed by atoms with Crippen molar-refractivity contribution in [2.45, 2.75) is 6.61 Å². The Morgan fingerprint density at radius 1 is 1.06 bits per heavy atom. The Morgan fingerprint density at radius 3 is 2.53 bits per heavy atom. The van der Waals surface area contributed by atoms with E-state index >= 15 is 0 Å². The molecule has 0 atom stereocenters. The zero-order chi connectivity index (χ0) is 22.9. The summed E-state index contributed by atoms with van der Waals surface area (Å²) >= 11 is 0.998. The van der Waals surface area contributed by atoms with E-state index in [2.05, 4.69) is 20.3 Å². The van der Waals surface area contributed by atoms with E-state index in [1.54, 1.807) is 32.4 Å². The molecule has 1 N–H and O–H groups in total. The van der Waals surface area contributed by atoms with Crippen molar-refractivity contribution >= 4 is 35.0 Å². The van der Waals surface area contributed by atoms with E-state index < -0.39 is 11.9 Å². The third-order valence-corrected chi connectivity index (χ3v) is 5.10. The average Bonchev–Trinajstić information content (AvgIpc) is 3.16. The predicted molar refractivity (Wildman–Crippen MR) is 121 cm³/mol. The van der Waals surface area contributed by atoms with Crippen LogP contribution < -0.4 is 19.5 Å². The molecule has 0 aliphatic carbocycles. The number of carbonyl (C=O) groups is 2. The summed E-state index contributed by atoms with van der Waals surface area (Å²) in [4.78, 5) is 23.3. The third-order valence-electron chi connectivity index (χ3n) is 4.20. The van der Waals surface area contributed by atoms with Crippen molar-refractivity contribution in [2.75, 3.05) is 21.3 Å². The highest BCUT2D eigenvalue weighted by molar-refractivity contribution is 8.18. The van der Waals surface area contributed by atoms with Crippen LogP contribution in [0.2, 0.25) is 0 Å². The maximum absolute atomic E-state index is 11.8. The number of carbonyl (C=O) groups excluding carboxylic acids is 2. The number of thioether (sulfide) groups is 1. The van der Waals surface area contributed by atoms with Crippen LogP contribution in [0.3, 0.4) is 0 Å². The molecule has 0 spiro atoms. The van der Waals surface area contributed by atoms with Crippen molar-refractivity contribution in [3.05, 3.63) is 64.6 Å². The lowest BCUT2D eigenvalue weighted by Crippen LogP contribution is -2.19. The van der Waals surface area contributed by atoms with Crippen molar-refractivity contribution in [3.63, 3.8) is 0 Å². The Labute approximate surface area is 189 Å². The molecule has 32 heavy (non-hydrogen) atoms. The lowest BCUT2D eigenvalue weighted by atomic mass is 10.2. The molecule has 1 fully saturated rings. The van der Waals surface area contributed by atoms with Gasteiger partial charge in [0.05, 0.1) is 32.4 Å². The molecule has 2 aromatic rings. The van der Waals surface area contributed by atoms with Crippen LogP contribution in [-0.2, 0) is 20.9 Å². The average molecular weight is 455 g/mol. The number of rotatable bonds is 8. The molecule has 0 radical (unpaired) electrons. The van der Waals surface area contributed by atoms with Crippen molar-refractivity contribution in [3.8, 4) is 17.2 Å². The lowest BCUT2D eigenvalue weighted by molar-refractivity contribution is -0.135. The van der Waals surface area contributed by atoms with Gasteiger partial charge in [-0.05, 0) is 53.2 Å². The topological polar surface area (TPSA) is 108 Å². The first kappa shape index (κ1) is 22.9. The molecule has 10 heteroatoms. The van der Waals surface area contributed by atoms with E-state index in [1.807, 2.05) is 24.3 Å². The molecule has 3 rings (SSSR count). The van der Waals surface area contributed by atoms with Crippen LogP contribution in [0, 0.1) is 0 Å². The molecule has 0 saturated carbocycles. The first-order valence-corrected chi connectivity index (χ1v) is 10.2. The number of amidine groups is 1. The Hall–Kier alpha value is -3.79. The number of hydrogen-bond acceptors (Lipinski definition) is 9. The molecular formula is C22H21N3O6S. The fourth-order valence-electron chi connectivity index (χ4n) is 2.56. The Kier molecular flexibility index (Phi) is 7.87. The van der Waals surface area contributed by atoms with Crippen LogP contribution in [0.25, 0.3) is 0 Å². The summed E-state index contributed by atoms with van der Waals surface area (Å²) in [6, 6.07) is 12.9. The number of methoxy groups -OCH3 is 3. The largest absolute Gasteiger partial charge is 0.497 e. The molecular weight excluding hydrogens is 434 g/mol. The van der Waals surface area contributed by atoms with Gasteiger partial charge < -0.3 is 18.9 Å². The Bertz CT molecular complexity index is 1080. The molecule has 0 bridgehead atoms. The summed E-state index contributed by atoms with van der Waals surface area (Å²) in [6.45, 7) is 0.375. The molecule has 1 amide bonds.